The molecule has 0 spiro atoms. The smallest absolute Gasteiger partial charge is 0.338 e. The van der Waals surface area contributed by atoms with Gasteiger partial charge in [-0.25, -0.2) is 4.79 Å². The lowest BCUT2D eigenvalue weighted by Crippen LogP contribution is -2.17. The molecule has 1 aromatic heterocycles. The molecule has 0 saturated carbocycles. The molecule has 1 heterocycles. The van der Waals surface area contributed by atoms with Gasteiger partial charge in [0.2, 0.25) is 16.9 Å². The van der Waals surface area contributed by atoms with Gasteiger partial charge in [-0.2, -0.15) is 0 Å². The lowest BCUT2D eigenvalue weighted by Gasteiger charge is -2.12. The number of nitrogens with one attached hydrogen (secondary N) is 2. The van der Waals surface area contributed by atoms with Crippen LogP contribution >= 0.6 is 11.3 Å². The van der Waals surface area contributed by atoms with Crippen LogP contribution in [0.15, 0.2) is 24.3 Å². The normalized spacial score (nSPS) is 11.0. The zero-order valence-corrected chi connectivity index (χ0v) is 17.2. The van der Waals surface area contributed by atoms with Gasteiger partial charge in [-0.15, -0.1) is 10.2 Å². The molecule has 9 heteroatoms. The first kappa shape index (κ1) is 21.5. The number of benzene rings is 1. The number of carbonyl (C=O) groups is 3. The molecule has 0 fully saturated rings. The Morgan fingerprint density at radius 1 is 1.00 bits per heavy atom. The first-order valence-electron chi connectivity index (χ1n) is 8.90. The minimum absolute atomic E-state index is 0.0242. The molecule has 0 radical (unpaired) electrons. The zero-order chi connectivity index (χ0) is 20.7. The predicted octanol–water partition coefficient (Wildman–Crippen LogP) is 3.37. The topological polar surface area (TPSA) is 110 Å². The molecule has 8 nitrogen and oxygen atoms in total. The van der Waals surface area contributed by atoms with E-state index < -0.39 is 5.97 Å². The Kier molecular flexibility index (Phi) is 7.22. The average Bonchev–Trinajstić information content (AvgIpc) is 3.10. The van der Waals surface area contributed by atoms with E-state index in [1.54, 1.807) is 31.2 Å². The summed E-state index contributed by atoms with van der Waals surface area (Å²) in [5, 5.41) is 14.6. The molecule has 2 N–H and O–H groups in total. The van der Waals surface area contributed by atoms with Crippen LogP contribution in [0.5, 0.6) is 0 Å². The summed E-state index contributed by atoms with van der Waals surface area (Å²) in [6, 6.07) is 6.37. The molecule has 0 bridgehead atoms. The number of anilines is 2. The van der Waals surface area contributed by atoms with Crippen LogP contribution < -0.4 is 10.6 Å². The number of carbonyl (C=O) groups excluding carboxylic acids is 3. The van der Waals surface area contributed by atoms with Crippen LogP contribution in [0.3, 0.4) is 0 Å². The lowest BCUT2D eigenvalue weighted by atomic mass is 9.98. The molecular formula is C19H24N4O4S. The molecule has 28 heavy (non-hydrogen) atoms. The van der Waals surface area contributed by atoms with Gasteiger partial charge in [0.15, 0.2) is 0 Å². The van der Waals surface area contributed by atoms with Crippen molar-refractivity contribution in [3.05, 3.63) is 34.8 Å². The maximum absolute atomic E-state index is 12.0. The molecule has 2 amide bonds. The number of hydrogen-bond donors (Lipinski definition) is 2. The van der Waals surface area contributed by atoms with E-state index >= 15 is 0 Å². The number of hydrogen-bond acceptors (Lipinski definition) is 7. The van der Waals surface area contributed by atoms with E-state index in [9.17, 15) is 14.4 Å². The molecular weight excluding hydrogens is 380 g/mol. The third-order valence-corrected chi connectivity index (χ3v) is 4.84. The highest BCUT2D eigenvalue weighted by Gasteiger charge is 2.20. The van der Waals surface area contributed by atoms with Gasteiger partial charge in [0.1, 0.15) is 5.01 Å². The standard InChI is InChI=1S/C19H24N4O4S/c1-5-27-16(26)12-6-8-13(9-7-12)20-14(24)10-11-15(25)21-18-23-22-17(28-18)19(2,3)4/h6-9H,5,10-11H2,1-4H3,(H,20,24)(H,21,23,25). The van der Waals surface area contributed by atoms with E-state index in [0.717, 1.165) is 5.01 Å². The van der Waals surface area contributed by atoms with E-state index in [1.807, 2.05) is 20.8 Å². The van der Waals surface area contributed by atoms with Crippen LogP contribution in [0.1, 0.15) is 55.9 Å². The van der Waals surface area contributed by atoms with Gasteiger partial charge < -0.3 is 15.4 Å². The fourth-order valence-corrected chi connectivity index (χ4v) is 2.93. The SMILES string of the molecule is CCOC(=O)c1ccc(NC(=O)CCC(=O)Nc2nnc(C(C)(C)C)s2)cc1. The van der Waals surface area contributed by atoms with Crippen molar-refractivity contribution in [3.8, 4) is 0 Å². The lowest BCUT2D eigenvalue weighted by molar-refractivity contribution is -0.121. The van der Waals surface area contributed by atoms with Gasteiger partial charge in [-0.05, 0) is 31.2 Å². The summed E-state index contributed by atoms with van der Waals surface area (Å²) in [6.07, 6.45) is 0.0492. The summed E-state index contributed by atoms with van der Waals surface area (Å²) in [5.41, 5.74) is 0.812. The Morgan fingerprint density at radius 2 is 1.61 bits per heavy atom. The number of aromatic nitrogens is 2. The molecule has 0 saturated heterocycles. The number of esters is 1. The number of amides is 2. The van der Waals surface area contributed by atoms with Gasteiger partial charge in [0.25, 0.3) is 0 Å². The van der Waals surface area contributed by atoms with Gasteiger partial charge in [0, 0.05) is 23.9 Å². The fraction of sp³-hybridized carbons (Fsp3) is 0.421. The van der Waals surface area contributed by atoms with Gasteiger partial charge in [-0.1, -0.05) is 32.1 Å². The Balaban J connectivity index is 1.79. The molecule has 0 aliphatic heterocycles. The van der Waals surface area contributed by atoms with Gasteiger partial charge in [0.05, 0.1) is 12.2 Å². The molecule has 2 aromatic rings. The summed E-state index contributed by atoms with van der Waals surface area (Å²) in [4.78, 5) is 35.6. The van der Waals surface area contributed by atoms with Crippen molar-refractivity contribution in [2.75, 3.05) is 17.2 Å². The predicted molar refractivity (Wildman–Crippen MR) is 108 cm³/mol. The molecule has 0 atom stereocenters. The summed E-state index contributed by atoms with van der Waals surface area (Å²) in [5.74, 6) is -1.01. The van der Waals surface area contributed by atoms with Crippen LogP contribution in [-0.2, 0) is 19.7 Å². The van der Waals surface area contributed by atoms with E-state index in [0.29, 0.717) is 23.0 Å². The Labute approximate surface area is 167 Å². The fourth-order valence-electron chi connectivity index (χ4n) is 2.11. The largest absolute Gasteiger partial charge is 0.462 e. The maximum atomic E-state index is 12.0. The van der Waals surface area contributed by atoms with Crippen LogP contribution in [0.4, 0.5) is 10.8 Å². The van der Waals surface area contributed by atoms with Crippen molar-refractivity contribution in [1.29, 1.82) is 0 Å². The summed E-state index contributed by atoms with van der Waals surface area (Å²) < 4.78 is 4.90. The molecule has 0 unspecified atom stereocenters. The van der Waals surface area contributed by atoms with Crippen molar-refractivity contribution in [3.63, 3.8) is 0 Å². The van der Waals surface area contributed by atoms with E-state index in [-0.39, 0.29) is 30.1 Å². The van der Waals surface area contributed by atoms with Crippen LogP contribution in [0, 0.1) is 0 Å². The van der Waals surface area contributed by atoms with Gasteiger partial charge >= 0.3 is 5.97 Å². The highest BCUT2D eigenvalue weighted by molar-refractivity contribution is 7.15. The summed E-state index contributed by atoms with van der Waals surface area (Å²) in [7, 11) is 0. The maximum Gasteiger partial charge on any atom is 0.338 e. The minimum atomic E-state index is -0.414. The van der Waals surface area contributed by atoms with Gasteiger partial charge in [-0.3, -0.25) is 9.59 Å². The average molecular weight is 404 g/mol. The van der Waals surface area contributed by atoms with Crippen LogP contribution in [0.25, 0.3) is 0 Å². The summed E-state index contributed by atoms with van der Waals surface area (Å²) >= 11 is 1.32. The first-order chi connectivity index (χ1) is 13.2. The highest BCUT2D eigenvalue weighted by atomic mass is 32.1. The number of nitrogens with zero attached hydrogens (tertiary/aromatic N) is 2. The van der Waals surface area contributed by atoms with Crippen molar-refractivity contribution < 1.29 is 19.1 Å². The van der Waals surface area contributed by atoms with Crippen molar-refractivity contribution >= 4 is 39.9 Å². The van der Waals surface area contributed by atoms with Crippen LogP contribution in [0.2, 0.25) is 0 Å². The second-order valence-electron chi connectivity index (χ2n) is 7.06. The molecule has 0 aliphatic carbocycles. The Hall–Kier alpha value is -2.81. The number of ether oxygens (including phenoxy) is 1. The highest BCUT2D eigenvalue weighted by Crippen LogP contribution is 2.27. The Bertz CT molecular complexity index is 840. The van der Waals surface area contributed by atoms with E-state index in [4.69, 9.17) is 4.74 Å². The molecule has 0 aliphatic rings. The molecule has 1 aromatic carbocycles. The second kappa shape index (κ2) is 9.41. The van der Waals surface area contributed by atoms with Crippen LogP contribution in [-0.4, -0.2) is 34.6 Å². The van der Waals surface area contributed by atoms with Crippen molar-refractivity contribution in [1.82, 2.24) is 10.2 Å². The van der Waals surface area contributed by atoms with Crippen molar-refractivity contribution in [2.45, 2.75) is 46.0 Å². The van der Waals surface area contributed by atoms with E-state index in [2.05, 4.69) is 20.8 Å². The quantitative estimate of drug-likeness (QED) is 0.685. The Morgan fingerprint density at radius 3 is 2.14 bits per heavy atom. The van der Waals surface area contributed by atoms with Crippen molar-refractivity contribution in [2.24, 2.45) is 0 Å². The number of rotatable bonds is 7. The third kappa shape index (κ3) is 6.41. The monoisotopic (exact) mass is 404 g/mol. The second-order valence-corrected chi connectivity index (χ2v) is 8.03. The minimum Gasteiger partial charge on any atom is -0.462 e. The third-order valence-electron chi connectivity index (χ3n) is 3.57. The summed E-state index contributed by atoms with van der Waals surface area (Å²) in [6.45, 7) is 8.08. The first-order valence-corrected chi connectivity index (χ1v) is 9.71. The molecule has 150 valence electrons. The molecule has 2 rings (SSSR count). The van der Waals surface area contributed by atoms with E-state index in [1.165, 1.54) is 11.3 Å². The zero-order valence-electron chi connectivity index (χ0n) is 16.4.